The number of aromatic carboxylic acids is 1. The lowest BCUT2D eigenvalue weighted by Gasteiger charge is -2.05. The molecule has 0 bridgehead atoms. The molecule has 5 heteroatoms. The number of nitrogens with zero attached hydrogens (tertiary/aromatic N) is 2. The van der Waals surface area contributed by atoms with Gasteiger partial charge in [0.25, 0.3) is 0 Å². The minimum Gasteiger partial charge on any atom is -0.478 e. The Hall–Kier alpha value is -2.64. The molecule has 1 aliphatic rings. The Labute approximate surface area is 132 Å². The van der Waals surface area contributed by atoms with Crippen molar-refractivity contribution in [3.8, 4) is 6.07 Å². The largest absolute Gasteiger partial charge is 0.478 e. The van der Waals surface area contributed by atoms with Crippen molar-refractivity contribution < 1.29 is 9.90 Å². The molecule has 4 nitrogen and oxygen atoms in total. The topological polar surface area (TPSA) is 74.0 Å². The highest BCUT2D eigenvalue weighted by atomic mass is 35.5. The van der Waals surface area contributed by atoms with Crippen molar-refractivity contribution in [3.63, 3.8) is 0 Å². The molecule has 1 aromatic heterocycles. The van der Waals surface area contributed by atoms with Gasteiger partial charge in [0, 0.05) is 6.20 Å². The Bertz CT molecular complexity index is 850. The molecule has 2 aromatic rings. The third kappa shape index (κ3) is 2.59. The number of hydrogen-bond donors (Lipinski definition) is 1. The molecule has 108 valence electrons. The number of carboxylic acid groups (broad SMARTS) is 1. The maximum Gasteiger partial charge on any atom is 0.336 e. The van der Waals surface area contributed by atoms with E-state index in [1.165, 1.54) is 12.3 Å². The Morgan fingerprint density at radius 2 is 2.23 bits per heavy atom. The molecule has 0 spiro atoms. The number of halogens is 1. The second-order valence-electron chi connectivity index (χ2n) is 5.11. The summed E-state index contributed by atoms with van der Waals surface area (Å²) in [4.78, 5) is 15.5. The van der Waals surface area contributed by atoms with Crippen molar-refractivity contribution in [2.24, 2.45) is 0 Å². The highest BCUT2D eigenvalue weighted by Crippen LogP contribution is 2.29. The molecule has 0 unspecified atom stereocenters. The van der Waals surface area contributed by atoms with Gasteiger partial charge in [0.05, 0.1) is 21.8 Å². The summed E-state index contributed by atoms with van der Waals surface area (Å²) < 4.78 is 0. The summed E-state index contributed by atoms with van der Waals surface area (Å²) in [6.45, 7) is 0. The van der Waals surface area contributed by atoms with Crippen LogP contribution in [0, 0.1) is 11.3 Å². The van der Waals surface area contributed by atoms with Crippen molar-refractivity contribution in [2.45, 2.75) is 12.8 Å². The molecule has 22 heavy (non-hydrogen) atoms. The average Bonchev–Trinajstić information content (AvgIpc) is 2.91. The molecule has 0 fully saturated rings. The van der Waals surface area contributed by atoms with Crippen LogP contribution in [-0.4, -0.2) is 16.1 Å². The molecule has 1 aromatic carbocycles. The van der Waals surface area contributed by atoms with Gasteiger partial charge in [-0.2, -0.15) is 5.26 Å². The van der Waals surface area contributed by atoms with E-state index in [0.717, 1.165) is 16.7 Å². The van der Waals surface area contributed by atoms with Gasteiger partial charge in [-0.15, -0.1) is 0 Å². The van der Waals surface area contributed by atoms with Crippen LogP contribution in [0.2, 0.25) is 5.02 Å². The van der Waals surface area contributed by atoms with Gasteiger partial charge in [-0.1, -0.05) is 23.2 Å². The van der Waals surface area contributed by atoms with Gasteiger partial charge < -0.3 is 5.11 Å². The first kappa shape index (κ1) is 14.3. The normalized spacial score (nSPS) is 12.5. The fourth-order valence-corrected chi connectivity index (χ4v) is 2.79. The van der Waals surface area contributed by atoms with Crippen LogP contribution in [0.4, 0.5) is 0 Å². The molecule has 0 aliphatic heterocycles. The second kappa shape index (κ2) is 5.63. The summed E-state index contributed by atoms with van der Waals surface area (Å²) >= 11 is 5.93. The Kier molecular flexibility index (Phi) is 3.66. The lowest BCUT2D eigenvalue weighted by Crippen LogP contribution is -2.04. The molecule has 0 saturated heterocycles. The first-order valence-corrected chi connectivity index (χ1v) is 7.05. The molecular formula is C17H11ClN2O2. The number of benzene rings is 1. The number of nitriles is 1. The Morgan fingerprint density at radius 1 is 1.41 bits per heavy atom. The fraction of sp³-hybridized carbons (Fsp3) is 0.118. The van der Waals surface area contributed by atoms with Crippen LogP contribution >= 0.6 is 11.6 Å². The first-order chi connectivity index (χ1) is 10.6. The van der Waals surface area contributed by atoms with Crippen LogP contribution < -0.4 is 0 Å². The number of rotatable bonds is 3. The van der Waals surface area contributed by atoms with Gasteiger partial charge in [0.1, 0.15) is 6.07 Å². The van der Waals surface area contributed by atoms with Gasteiger partial charge in [-0.25, -0.2) is 4.79 Å². The zero-order chi connectivity index (χ0) is 15.7. The van der Waals surface area contributed by atoms with Gasteiger partial charge in [-0.3, -0.25) is 4.98 Å². The quantitative estimate of drug-likeness (QED) is 0.941. The molecule has 1 heterocycles. The van der Waals surface area contributed by atoms with Crippen molar-refractivity contribution in [3.05, 3.63) is 69.0 Å². The minimum atomic E-state index is -0.938. The number of aromatic nitrogens is 1. The molecule has 1 N–H and O–H groups in total. The molecule has 0 amide bonds. The van der Waals surface area contributed by atoms with Gasteiger partial charge >= 0.3 is 5.97 Å². The third-order valence-electron chi connectivity index (χ3n) is 3.65. The van der Waals surface area contributed by atoms with Crippen LogP contribution in [0.15, 0.2) is 36.0 Å². The zero-order valence-corrected chi connectivity index (χ0v) is 12.3. The van der Waals surface area contributed by atoms with Crippen LogP contribution in [0.5, 0.6) is 0 Å². The molecule has 0 saturated carbocycles. The first-order valence-electron chi connectivity index (χ1n) is 6.67. The molecule has 0 atom stereocenters. The number of carbonyl (C=O) groups is 1. The highest BCUT2D eigenvalue weighted by Gasteiger charge is 2.20. The van der Waals surface area contributed by atoms with E-state index in [1.54, 1.807) is 12.1 Å². The van der Waals surface area contributed by atoms with E-state index in [-0.39, 0.29) is 0 Å². The van der Waals surface area contributed by atoms with Crippen LogP contribution in [0.1, 0.15) is 32.7 Å². The van der Waals surface area contributed by atoms with Gasteiger partial charge in [0.2, 0.25) is 0 Å². The zero-order valence-electron chi connectivity index (χ0n) is 11.5. The van der Waals surface area contributed by atoms with E-state index in [9.17, 15) is 9.90 Å². The van der Waals surface area contributed by atoms with Gasteiger partial charge in [0.15, 0.2) is 0 Å². The van der Waals surface area contributed by atoms with Crippen LogP contribution in [-0.2, 0) is 12.8 Å². The monoisotopic (exact) mass is 310 g/mol. The fourth-order valence-electron chi connectivity index (χ4n) is 2.63. The molecule has 1 aliphatic carbocycles. The van der Waals surface area contributed by atoms with E-state index in [0.29, 0.717) is 34.7 Å². The smallest absolute Gasteiger partial charge is 0.336 e. The molecule has 3 rings (SSSR count). The maximum atomic E-state index is 11.2. The summed E-state index contributed by atoms with van der Waals surface area (Å²) in [5.41, 5.74) is 4.24. The van der Waals surface area contributed by atoms with Crippen molar-refractivity contribution in [1.29, 1.82) is 5.26 Å². The van der Waals surface area contributed by atoms with E-state index < -0.39 is 5.97 Å². The summed E-state index contributed by atoms with van der Waals surface area (Å²) in [6.07, 6.45) is 4.64. The Morgan fingerprint density at radius 3 is 2.95 bits per heavy atom. The van der Waals surface area contributed by atoms with E-state index in [1.807, 2.05) is 12.1 Å². The van der Waals surface area contributed by atoms with Crippen molar-refractivity contribution >= 4 is 23.6 Å². The molecular weight excluding hydrogens is 300 g/mol. The second-order valence-corrected chi connectivity index (χ2v) is 5.52. The maximum absolute atomic E-state index is 11.2. The minimum absolute atomic E-state index is 0.296. The number of fused-ring (bicyclic) bond motifs is 1. The van der Waals surface area contributed by atoms with Crippen LogP contribution in [0.3, 0.4) is 0 Å². The van der Waals surface area contributed by atoms with E-state index in [4.69, 9.17) is 16.9 Å². The van der Waals surface area contributed by atoms with E-state index in [2.05, 4.69) is 11.1 Å². The number of hydrogen-bond acceptors (Lipinski definition) is 3. The SMILES string of the molecule is N#Cc1cc(CC2=Cc3nccc(C(=O)O)c3C2)ccc1Cl. The number of carboxylic acids is 1. The lowest BCUT2D eigenvalue weighted by atomic mass is 10.00. The highest BCUT2D eigenvalue weighted by molar-refractivity contribution is 6.31. The third-order valence-corrected chi connectivity index (χ3v) is 3.98. The lowest BCUT2D eigenvalue weighted by molar-refractivity contribution is 0.0695. The van der Waals surface area contributed by atoms with Gasteiger partial charge in [-0.05, 0) is 48.2 Å². The summed E-state index contributed by atoms with van der Waals surface area (Å²) in [7, 11) is 0. The summed E-state index contributed by atoms with van der Waals surface area (Å²) in [6, 6.07) is 8.92. The summed E-state index contributed by atoms with van der Waals surface area (Å²) in [5, 5.41) is 18.7. The van der Waals surface area contributed by atoms with Crippen LogP contribution in [0.25, 0.3) is 6.08 Å². The Balaban J connectivity index is 1.86. The predicted molar refractivity (Wildman–Crippen MR) is 82.7 cm³/mol. The standard InChI is InChI=1S/C17H11ClN2O2/c18-15-2-1-10(6-12(15)9-19)5-11-7-14-13(17(21)22)3-4-20-16(14)8-11/h1-4,6,8H,5,7H2,(H,21,22). The predicted octanol–water partition coefficient (Wildman–Crippen LogP) is 3.49. The average molecular weight is 311 g/mol. The summed E-state index contributed by atoms with van der Waals surface area (Å²) in [5.74, 6) is -0.938. The van der Waals surface area contributed by atoms with Crippen molar-refractivity contribution in [1.82, 2.24) is 4.98 Å². The molecule has 0 radical (unpaired) electrons. The van der Waals surface area contributed by atoms with Crippen molar-refractivity contribution in [2.75, 3.05) is 0 Å². The number of allylic oxidation sites excluding steroid dienone is 1. The number of pyridine rings is 1. The van der Waals surface area contributed by atoms with E-state index >= 15 is 0 Å².